The summed E-state index contributed by atoms with van der Waals surface area (Å²) in [5, 5.41) is 4.62. The molecule has 0 spiro atoms. The standard InChI is InChI=1S/C26H23N3O4/c1-28(19-10-6-4-7-11-19)20-16-14-18(15-17-20)23-22(25(30)32-2)24(26(31)33-3)29(27-23)21-12-8-5-9-13-21/h4-17H,1-3H3. The van der Waals surface area contributed by atoms with E-state index in [-0.39, 0.29) is 11.3 Å². The summed E-state index contributed by atoms with van der Waals surface area (Å²) in [6.45, 7) is 0. The molecule has 0 aliphatic carbocycles. The second kappa shape index (κ2) is 9.40. The number of esters is 2. The Kier molecular flexibility index (Phi) is 6.22. The molecule has 0 amide bonds. The van der Waals surface area contributed by atoms with E-state index in [1.165, 1.54) is 18.9 Å². The van der Waals surface area contributed by atoms with E-state index >= 15 is 0 Å². The molecule has 166 valence electrons. The molecule has 1 heterocycles. The summed E-state index contributed by atoms with van der Waals surface area (Å²) < 4.78 is 11.4. The molecule has 0 aliphatic rings. The molecule has 7 heteroatoms. The topological polar surface area (TPSA) is 73.7 Å². The number of ether oxygens (including phenoxy) is 2. The van der Waals surface area contributed by atoms with E-state index < -0.39 is 11.9 Å². The van der Waals surface area contributed by atoms with Crippen LogP contribution in [0.3, 0.4) is 0 Å². The van der Waals surface area contributed by atoms with Gasteiger partial charge in [-0.3, -0.25) is 0 Å². The Hall–Kier alpha value is -4.39. The highest BCUT2D eigenvalue weighted by molar-refractivity contribution is 6.06. The molecule has 0 saturated carbocycles. The summed E-state index contributed by atoms with van der Waals surface area (Å²) in [6.07, 6.45) is 0. The van der Waals surface area contributed by atoms with Gasteiger partial charge in [0.15, 0.2) is 5.69 Å². The number of para-hydroxylation sites is 2. The molecule has 33 heavy (non-hydrogen) atoms. The van der Waals surface area contributed by atoms with Crippen LogP contribution in [0.15, 0.2) is 84.9 Å². The predicted octanol–water partition coefficient (Wildman–Crippen LogP) is 4.88. The van der Waals surface area contributed by atoms with Gasteiger partial charge in [-0.25, -0.2) is 14.3 Å². The van der Waals surface area contributed by atoms with Crippen LogP contribution >= 0.6 is 0 Å². The van der Waals surface area contributed by atoms with Crippen molar-refractivity contribution in [3.05, 3.63) is 96.2 Å². The fourth-order valence-electron chi connectivity index (χ4n) is 3.60. The third-order valence-electron chi connectivity index (χ3n) is 5.33. The van der Waals surface area contributed by atoms with E-state index in [2.05, 4.69) is 5.10 Å². The van der Waals surface area contributed by atoms with Gasteiger partial charge in [0, 0.05) is 24.0 Å². The number of rotatable bonds is 6. The number of anilines is 2. The summed E-state index contributed by atoms with van der Waals surface area (Å²) in [6, 6.07) is 26.6. The Morgan fingerprint density at radius 1 is 0.758 bits per heavy atom. The van der Waals surface area contributed by atoms with Gasteiger partial charge in [0.2, 0.25) is 0 Å². The van der Waals surface area contributed by atoms with Crippen molar-refractivity contribution >= 4 is 23.3 Å². The largest absolute Gasteiger partial charge is 0.465 e. The average Bonchev–Trinajstić information content (AvgIpc) is 3.29. The van der Waals surface area contributed by atoms with Crippen LogP contribution in [-0.4, -0.2) is 43.0 Å². The number of carbonyl (C=O) groups excluding carboxylic acids is 2. The molecule has 0 fully saturated rings. The molecule has 0 atom stereocenters. The fraction of sp³-hybridized carbons (Fsp3) is 0.115. The minimum Gasteiger partial charge on any atom is -0.465 e. The average molecular weight is 441 g/mol. The monoisotopic (exact) mass is 441 g/mol. The van der Waals surface area contributed by atoms with Gasteiger partial charge in [0.05, 0.1) is 19.9 Å². The maximum absolute atomic E-state index is 12.8. The first kappa shape index (κ1) is 21.8. The lowest BCUT2D eigenvalue weighted by molar-refractivity contribution is 0.0549. The zero-order chi connectivity index (χ0) is 23.4. The highest BCUT2D eigenvalue weighted by atomic mass is 16.5. The van der Waals surface area contributed by atoms with E-state index in [4.69, 9.17) is 9.47 Å². The predicted molar refractivity (Wildman–Crippen MR) is 126 cm³/mol. The van der Waals surface area contributed by atoms with Crippen LogP contribution in [0.4, 0.5) is 11.4 Å². The van der Waals surface area contributed by atoms with Crippen LogP contribution in [0.1, 0.15) is 20.8 Å². The van der Waals surface area contributed by atoms with Gasteiger partial charge in [0.25, 0.3) is 0 Å². The van der Waals surface area contributed by atoms with E-state index in [1.807, 2.05) is 84.7 Å². The van der Waals surface area contributed by atoms with Gasteiger partial charge in [-0.15, -0.1) is 0 Å². The van der Waals surface area contributed by atoms with Gasteiger partial charge >= 0.3 is 11.9 Å². The molecule has 0 radical (unpaired) electrons. The number of carbonyl (C=O) groups is 2. The van der Waals surface area contributed by atoms with E-state index in [0.717, 1.165) is 11.4 Å². The van der Waals surface area contributed by atoms with Crippen molar-refractivity contribution in [3.8, 4) is 16.9 Å². The van der Waals surface area contributed by atoms with Crippen molar-refractivity contribution in [3.63, 3.8) is 0 Å². The van der Waals surface area contributed by atoms with E-state index in [9.17, 15) is 9.59 Å². The molecule has 1 aromatic heterocycles. The summed E-state index contributed by atoms with van der Waals surface area (Å²) in [5.41, 5.74) is 3.69. The lowest BCUT2D eigenvalue weighted by atomic mass is 10.0. The quantitative estimate of drug-likeness (QED) is 0.397. The normalized spacial score (nSPS) is 10.5. The minimum atomic E-state index is -0.682. The second-order valence-corrected chi connectivity index (χ2v) is 7.24. The molecular weight excluding hydrogens is 418 g/mol. The Morgan fingerprint density at radius 3 is 1.88 bits per heavy atom. The Bertz CT molecular complexity index is 1270. The molecule has 0 saturated heterocycles. The Labute approximate surface area is 191 Å². The van der Waals surface area contributed by atoms with Crippen LogP contribution in [0.2, 0.25) is 0 Å². The highest BCUT2D eigenvalue weighted by Crippen LogP contribution is 2.31. The van der Waals surface area contributed by atoms with Gasteiger partial charge in [-0.1, -0.05) is 48.5 Å². The molecule has 0 N–H and O–H groups in total. The molecule has 4 aromatic rings. The zero-order valence-corrected chi connectivity index (χ0v) is 18.6. The second-order valence-electron chi connectivity index (χ2n) is 7.24. The number of aromatic nitrogens is 2. The first-order valence-electron chi connectivity index (χ1n) is 10.3. The minimum absolute atomic E-state index is 0.0102. The Balaban J connectivity index is 1.84. The van der Waals surface area contributed by atoms with Crippen molar-refractivity contribution in [1.82, 2.24) is 9.78 Å². The summed E-state index contributed by atoms with van der Waals surface area (Å²) in [5.74, 6) is -1.35. The van der Waals surface area contributed by atoms with Crippen LogP contribution in [0, 0.1) is 0 Å². The number of hydrogen-bond acceptors (Lipinski definition) is 6. The first-order valence-corrected chi connectivity index (χ1v) is 10.3. The van der Waals surface area contributed by atoms with Gasteiger partial charge in [-0.2, -0.15) is 5.10 Å². The first-order chi connectivity index (χ1) is 16.0. The molecule has 3 aromatic carbocycles. The maximum atomic E-state index is 12.8. The van der Waals surface area contributed by atoms with Crippen LogP contribution in [-0.2, 0) is 9.47 Å². The summed E-state index contributed by atoms with van der Waals surface area (Å²) >= 11 is 0. The molecule has 4 rings (SSSR count). The lowest BCUT2D eigenvalue weighted by Crippen LogP contribution is -2.15. The molecule has 0 bridgehead atoms. The van der Waals surface area contributed by atoms with Gasteiger partial charge < -0.3 is 14.4 Å². The molecule has 7 nitrogen and oxygen atoms in total. The van der Waals surface area contributed by atoms with E-state index in [1.54, 1.807) is 12.1 Å². The van der Waals surface area contributed by atoms with Crippen molar-refractivity contribution < 1.29 is 19.1 Å². The highest BCUT2D eigenvalue weighted by Gasteiger charge is 2.31. The summed E-state index contributed by atoms with van der Waals surface area (Å²) in [7, 11) is 4.51. The molecular formula is C26H23N3O4. The van der Waals surface area contributed by atoms with Crippen LogP contribution in [0.25, 0.3) is 16.9 Å². The number of hydrogen-bond donors (Lipinski definition) is 0. The lowest BCUT2D eigenvalue weighted by Gasteiger charge is -2.19. The van der Waals surface area contributed by atoms with Crippen molar-refractivity contribution in [1.29, 1.82) is 0 Å². The van der Waals surface area contributed by atoms with Gasteiger partial charge in [-0.05, 0) is 36.4 Å². The molecule has 0 unspecified atom stereocenters. The van der Waals surface area contributed by atoms with E-state index in [0.29, 0.717) is 16.9 Å². The third kappa shape index (κ3) is 4.21. The van der Waals surface area contributed by atoms with Crippen LogP contribution < -0.4 is 4.90 Å². The summed E-state index contributed by atoms with van der Waals surface area (Å²) in [4.78, 5) is 27.5. The smallest absolute Gasteiger partial charge is 0.357 e. The SMILES string of the molecule is COC(=O)c1c(-c2ccc(N(C)c3ccccc3)cc2)nn(-c2ccccc2)c1C(=O)OC. The van der Waals surface area contributed by atoms with Crippen LogP contribution in [0.5, 0.6) is 0 Å². The third-order valence-corrected chi connectivity index (χ3v) is 5.33. The number of methoxy groups -OCH3 is 2. The van der Waals surface area contributed by atoms with Crippen molar-refractivity contribution in [2.24, 2.45) is 0 Å². The zero-order valence-electron chi connectivity index (χ0n) is 18.6. The number of benzene rings is 3. The molecule has 0 aliphatic heterocycles. The maximum Gasteiger partial charge on any atom is 0.357 e. The Morgan fingerprint density at radius 2 is 1.30 bits per heavy atom. The van der Waals surface area contributed by atoms with Gasteiger partial charge in [0.1, 0.15) is 11.3 Å². The number of nitrogens with zero attached hydrogens (tertiary/aromatic N) is 3. The fourth-order valence-corrected chi connectivity index (χ4v) is 3.60. The van der Waals surface area contributed by atoms with Crippen molar-refractivity contribution in [2.75, 3.05) is 26.2 Å². The van der Waals surface area contributed by atoms with Crippen molar-refractivity contribution in [2.45, 2.75) is 0 Å².